The number of anilines is 4. The lowest BCUT2D eigenvalue weighted by Gasteiger charge is -2.35. The van der Waals surface area contributed by atoms with Gasteiger partial charge in [0.15, 0.2) is 0 Å². The molecule has 2 aromatic carbocycles. The van der Waals surface area contributed by atoms with Gasteiger partial charge in [0.1, 0.15) is 11.6 Å². The molecule has 5 rings (SSSR count). The maximum absolute atomic E-state index is 13.7. The molecule has 166 valence electrons. The molecule has 1 N–H and O–H groups in total. The van der Waals surface area contributed by atoms with Crippen LogP contribution in [0.3, 0.4) is 0 Å². The molecule has 0 atom stereocenters. The monoisotopic (exact) mass is 451 g/mol. The van der Waals surface area contributed by atoms with Gasteiger partial charge >= 0.3 is 0 Å². The van der Waals surface area contributed by atoms with Gasteiger partial charge in [0.25, 0.3) is 0 Å². The second-order valence-electron chi connectivity index (χ2n) is 8.31. The maximum atomic E-state index is 13.7. The molecule has 0 spiro atoms. The van der Waals surface area contributed by atoms with Gasteiger partial charge in [0.2, 0.25) is 5.91 Å². The van der Waals surface area contributed by atoms with Crippen LogP contribution in [0, 0.1) is 5.92 Å². The van der Waals surface area contributed by atoms with Crippen LogP contribution in [0.4, 0.5) is 22.9 Å². The molecule has 2 aliphatic heterocycles. The predicted octanol–water partition coefficient (Wildman–Crippen LogP) is 4.59. The maximum Gasteiger partial charge on any atom is 0.230 e. The number of fused-ring (bicyclic) bond motifs is 2. The third-order valence-electron chi connectivity index (χ3n) is 6.39. The Morgan fingerprint density at radius 2 is 1.91 bits per heavy atom. The zero-order valence-electron chi connectivity index (χ0n) is 18.2. The summed E-state index contributed by atoms with van der Waals surface area (Å²) >= 11 is 6.26. The van der Waals surface area contributed by atoms with E-state index in [1.54, 1.807) is 11.8 Å². The quantitative estimate of drug-likeness (QED) is 0.631. The summed E-state index contributed by atoms with van der Waals surface area (Å²) in [6.45, 7) is 2.18. The number of aryl methyl sites for hydroxylation is 1. The summed E-state index contributed by atoms with van der Waals surface area (Å²) in [5, 5.41) is 8.41. The molecule has 1 saturated heterocycles. The standard InChI is InChI=1S/C24H26ClN5O2/c1-28-23-17(14-26-28)15-30(22-8-3-18(25)13-21(22)27-23)24(31)16-9-11-29(12-10-16)19-4-6-20(32-2)7-5-19/h3-8,13-14,16,27H,9-12,15H2,1-2H3. The second kappa shape index (κ2) is 8.39. The Morgan fingerprint density at radius 1 is 1.16 bits per heavy atom. The largest absolute Gasteiger partial charge is 0.497 e. The van der Waals surface area contributed by atoms with Crippen LogP contribution in [0.5, 0.6) is 5.75 Å². The fourth-order valence-electron chi connectivity index (χ4n) is 4.58. The highest BCUT2D eigenvalue weighted by Crippen LogP contribution is 2.38. The van der Waals surface area contributed by atoms with E-state index in [9.17, 15) is 4.79 Å². The molecule has 3 heterocycles. The third kappa shape index (κ3) is 3.77. The van der Waals surface area contributed by atoms with Crippen LogP contribution in [-0.4, -0.2) is 35.9 Å². The lowest BCUT2D eigenvalue weighted by Crippen LogP contribution is -2.42. The first-order valence-corrected chi connectivity index (χ1v) is 11.2. The van der Waals surface area contributed by atoms with Crippen LogP contribution in [0.2, 0.25) is 5.02 Å². The molecular weight excluding hydrogens is 426 g/mol. The Labute approximate surface area is 192 Å². The number of carbonyl (C=O) groups excluding carboxylic acids is 1. The lowest BCUT2D eigenvalue weighted by molar-refractivity contribution is -0.123. The van der Waals surface area contributed by atoms with Crippen molar-refractivity contribution in [2.45, 2.75) is 19.4 Å². The van der Waals surface area contributed by atoms with Gasteiger partial charge in [-0.25, -0.2) is 0 Å². The molecular formula is C24H26ClN5O2. The van der Waals surface area contributed by atoms with Gasteiger partial charge in [-0.3, -0.25) is 9.48 Å². The van der Waals surface area contributed by atoms with Gasteiger partial charge < -0.3 is 19.9 Å². The van der Waals surface area contributed by atoms with Crippen molar-refractivity contribution < 1.29 is 9.53 Å². The minimum atomic E-state index is -0.0220. The van der Waals surface area contributed by atoms with E-state index in [1.165, 1.54) is 0 Å². The molecule has 1 fully saturated rings. The molecule has 0 saturated carbocycles. The number of nitrogens with one attached hydrogen (secondary N) is 1. The average Bonchev–Trinajstić information content (AvgIpc) is 3.07. The zero-order valence-corrected chi connectivity index (χ0v) is 19.0. The van der Waals surface area contributed by atoms with Crippen LogP contribution in [0.1, 0.15) is 18.4 Å². The third-order valence-corrected chi connectivity index (χ3v) is 6.63. The Morgan fingerprint density at radius 3 is 2.62 bits per heavy atom. The van der Waals surface area contributed by atoms with E-state index >= 15 is 0 Å². The normalized spacial score (nSPS) is 16.1. The Kier molecular flexibility index (Phi) is 5.43. The van der Waals surface area contributed by atoms with Crippen LogP contribution in [0.15, 0.2) is 48.7 Å². The molecule has 8 heteroatoms. The van der Waals surface area contributed by atoms with Crippen LogP contribution < -0.4 is 19.9 Å². The van der Waals surface area contributed by atoms with Crippen LogP contribution >= 0.6 is 11.6 Å². The summed E-state index contributed by atoms with van der Waals surface area (Å²) in [5.41, 5.74) is 3.83. The average molecular weight is 452 g/mol. The molecule has 32 heavy (non-hydrogen) atoms. The van der Waals surface area contributed by atoms with Crippen molar-refractivity contribution in [1.29, 1.82) is 0 Å². The summed E-state index contributed by atoms with van der Waals surface area (Å²) in [6.07, 6.45) is 3.46. The van der Waals surface area contributed by atoms with Crippen molar-refractivity contribution >= 4 is 40.4 Å². The van der Waals surface area contributed by atoms with Gasteiger partial charge in [-0.1, -0.05) is 11.6 Å². The second-order valence-corrected chi connectivity index (χ2v) is 8.75. The molecule has 1 aromatic heterocycles. The number of piperidine rings is 1. The number of hydrogen-bond acceptors (Lipinski definition) is 5. The number of aromatic nitrogens is 2. The van der Waals surface area contributed by atoms with E-state index in [0.717, 1.165) is 60.1 Å². The lowest BCUT2D eigenvalue weighted by atomic mass is 9.94. The smallest absolute Gasteiger partial charge is 0.230 e. The molecule has 0 aliphatic carbocycles. The van der Waals surface area contributed by atoms with Crippen LogP contribution in [-0.2, 0) is 18.4 Å². The zero-order chi connectivity index (χ0) is 22.2. The number of ether oxygens (including phenoxy) is 1. The van der Waals surface area contributed by atoms with Crippen molar-refractivity contribution in [3.63, 3.8) is 0 Å². The number of rotatable bonds is 3. The number of halogens is 1. The van der Waals surface area contributed by atoms with E-state index < -0.39 is 0 Å². The topological polar surface area (TPSA) is 62.6 Å². The first kappa shape index (κ1) is 20.7. The highest BCUT2D eigenvalue weighted by molar-refractivity contribution is 6.31. The Balaban J connectivity index is 1.36. The summed E-state index contributed by atoms with van der Waals surface area (Å²) in [6, 6.07) is 13.7. The summed E-state index contributed by atoms with van der Waals surface area (Å²) < 4.78 is 7.05. The molecule has 2 aliphatic rings. The Hall–Kier alpha value is -3.19. The molecule has 0 unspecified atom stereocenters. The van der Waals surface area contributed by atoms with E-state index in [-0.39, 0.29) is 11.8 Å². The molecule has 3 aromatic rings. The van der Waals surface area contributed by atoms with E-state index in [1.807, 2.05) is 48.5 Å². The van der Waals surface area contributed by atoms with Gasteiger partial charge in [-0.2, -0.15) is 5.10 Å². The van der Waals surface area contributed by atoms with Gasteiger partial charge in [-0.15, -0.1) is 0 Å². The molecule has 1 amide bonds. The van der Waals surface area contributed by atoms with Crippen molar-refractivity contribution in [2.75, 3.05) is 35.3 Å². The highest BCUT2D eigenvalue weighted by Gasteiger charge is 2.33. The number of amides is 1. The van der Waals surface area contributed by atoms with Crippen molar-refractivity contribution in [3.8, 4) is 5.75 Å². The number of hydrogen-bond donors (Lipinski definition) is 1. The number of methoxy groups -OCH3 is 1. The van der Waals surface area contributed by atoms with E-state index in [2.05, 4.69) is 27.4 Å². The number of carbonyl (C=O) groups is 1. The van der Waals surface area contributed by atoms with Gasteiger partial charge in [0, 0.05) is 42.3 Å². The van der Waals surface area contributed by atoms with E-state index in [0.29, 0.717) is 11.6 Å². The minimum absolute atomic E-state index is 0.0220. The van der Waals surface area contributed by atoms with Gasteiger partial charge in [-0.05, 0) is 55.3 Å². The first-order chi connectivity index (χ1) is 15.5. The Bertz CT molecular complexity index is 1140. The fourth-order valence-corrected chi connectivity index (χ4v) is 4.75. The van der Waals surface area contributed by atoms with Crippen LogP contribution in [0.25, 0.3) is 0 Å². The molecule has 0 radical (unpaired) electrons. The SMILES string of the molecule is COc1ccc(N2CCC(C(=O)N3Cc4cnn(C)c4Nc4cc(Cl)ccc43)CC2)cc1. The van der Waals surface area contributed by atoms with E-state index in [4.69, 9.17) is 16.3 Å². The summed E-state index contributed by atoms with van der Waals surface area (Å²) in [7, 11) is 3.56. The molecule has 0 bridgehead atoms. The van der Waals surface area contributed by atoms with Crippen molar-refractivity contribution in [2.24, 2.45) is 13.0 Å². The number of benzene rings is 2. The van der Waals surface area contributed by atoms with Gasteiger partial charge in [0.05, 0.1) is 31.2 Å². The first-order valence-electron chi connectivity index (χ1n) is 10.8. The van der Waals surface area contributed by atoms with Crippen molar-refractivity contribution in [1.82, 2.24) is 9.78 Å². The molecule has 7 nitrogen and oxygen atoms in total. The summed E-state index contributed by atoms with van der Waals surface area (Å²) in [5.74, 6) is 1.87. The summed E-state index contributed by atoms with van der Waals surface area (Å²) in [4.78, 5) is 17.9. The predicted molar refractivity (Wildman–Crippen MR) is 127 cm³/mol. The minimum Gasteiger partial charge on any atom is -0.497 e. The number of nitrogens with zero attached hydrogens (tertiary/aromatic N) is 4. The fraction of sp³-hybridized carbons (Fsp3) is 0.333. The van der Waals surface area contributed by atoms with Crippen molar-refractivity contribution in [3.05, 3.63) is 59.2 Å². The highest BCUT2D eigenvalue weighted by atomic mass is 35.5.